The quantitative estimate of drug-likeness (QED) is 0.809. The molecule has 0 aliphatic heterocycles. The van der Waals surface area contributed by atoms with Crippen LogP contribution in [0.4, 0.5) is 5.82 Å². The summed E-state index contributed by atoms with van der Waals surface area (Å²) in [6.07, 6.45) is 5.37. The van der Waals surface area contributed by atoms with Crippen molar-refractivity contribution in [2.45, 2.75) is 39.2 Å². The molecule has 0 spiro atoms. The third kappa shape index (κ3) is 2.94. The molecule has 1 heterocycles. The van der Waals surface area contributed by atoms with Crippen molar-refractivity contribution in [1.82, 2.24) is 4.98 Å². The van der Waals surface area contributed by atoms with E-state index in [1.54, 1.807) is 6.20 Å². The van der Waals surface area contributed by atoms with Crippen molar-refractivity contribution in [1.29, 1.82) is 0 Å². The monoisotopic (exact) mass is 249 g/mol. The van der Waals surface area contributed by atoms with Crippen LogP contribution in [-0.2, 0) is 0 Å². The summed E-state index contributed by atoms with van der Waals surface area (Å²) in [7, 11) is 0. The number of anilines is 1. The van der Waals surface area contributed by atoms with E-state index in [-0.39, 0.29) is 0 Å². The minimum Gasteiger partial charge on any atom is -0.389 e. The van der Waals surface area contributed by atoms with Gasteiger partial charge in [-0.2, -0.15) is 0 Å². The molecule has 3 nitrogen and oxygen atoms in total. The smallest absolute Gasteiger partial charge is 0.136 e. The Morgan fingerprint density at radius 2 is 2.35 bits per heavy atom. The molecular weight excluding hydrogens is 230 g/mol. The maximum atomic E-state index is 5.69. The fraction of sp³-hybridized carbons (Fsp3) is 0.538. The average Bonchev–Trinajstić information content (AvgIpc) is 2.58. The van der Waals surface area contributed by atoms with Gasteiger partial charge in [0.1, 0.15) is 10.8 Å². The van der Waals surface area contributed by atoms with E-state index in [1.807, 2.05) is 12.1 Å². The zero-order valence-corrected chi connectivity index (χ0v) is 11.2. The molecule has 1 atom stereocenters. The highest BCUT2D eigenvalue weighted by Gasteiger charge is 2.31. The first-order chi connectivity index (χ1) is 7.98. The minimum absolute atomic E-state index is 0.401. The standard InChI is InChI=1S/C13H19N3S/c1-13(2)6-5-9(8-13)16-12-10(11(14)17)4-3-7-15-12/h3-4,7,9H,5-6,8H2,1-2H3,(H2,14,17)(H,15,16). The number of thiocarbonyl (C=S) groups is 1. The Bertz CT molecular complexity index is 428. The molecular formula is C13H19N3S. The Morgan fingerprint density at radius 1 is 1.59 bits per heavy atom. The number of nitrogens with two attached hydrogens (primary N) is 1. The number of nitrogens with one attached hydrogen (secondary N) is 1. The molecule has 1 saturated carbocycles. The van der Waals surface area contributed by atoms with Gasteiger partial charge in [-0.05, 0) is 36.8 Å². The Balaban J connectivity index is 2.12. The summed E-state index contributed by atoms with van der Waals surface area (Å²) in [5, 5.41) is 3.47. The minimum atomic E-state index is 0.401. The van der Waals surface area contributed by atoms with Crippen LogP contribution < -0.4 is 11.1 Å². The number of aromatic nitrogens is 1. The summed E-state index contributed by atoms with van der Waals surface area (Å²) >= 11 is 5.03. The molecule has 2 rings (SSSR count). The lowest BCUT2D eigenvalue weighted by atomic mass is 9.92. The highest BCUT2D eigenvalue weighted by molar-refractivity contribution is 7.80. The Morgan fingerprint density at radius 3 is 2.94 bits per heavy atom. The third-order valence-electron chi connectivity index (χ3n) is 3.38. The fourth-order valence-corrected chi connectivity index (χ4v) is 2.64. The van der Waals surface area contributed by atoms with E-state index in [9.17, 15) is 0 Å². The maximum Gasteiger partial charge on any atom is 0.136 e. The van der Waals surface area contributed by atoms with E-state index in [1.165, 1.54) is 19.3 Å². The number of hydrogen-bond donors (Lipinski definition) is 2. The van der Waals surface area contributed by atoms with E-state index in [0.717, 1.165) is 11.4 Å². The molecule has 4 heteroatoms. The molecule has 1 unspecified atom stereocenters. The molecule has 0 aromatic carbocycles. The van der Waals surface area contributed by atoms with Gasteiger partial charge in [0.2, 0.25) is 0 Å². The highest BCUT2D eigenvalue weighted by atomic mass is 32.1. The summed E-state index contributed by atoms with van der Waals surface area (Å²) in [6.45, 7) is 4.61. The molecule has 1 aromatic rings. The Hall–Kier alpha value is -1.16. The molecule has 1 aliphatic rings. The van der Waals surface area contributed by atoms with Crippen LogP contribution in [0.3, 0.4) is 0 Å². The molecule has 1 fully saturated rings. The SMILES string of the molecule is CC1(C)CCC(Nc2ncccc2C(N)=S)C1. The van der Waals surface area contributed by atoms with Crippen LogP contribution in [-0.4, -0.2) is 16.0 Å². The van der Waals surface area contributed by atoms with Gasteiger partial charge in [0, 0.05) is 12.2 Å². The van der Waals surface area contributed by atoms with Crippen LogP contribution in [0.15, 0.2) is 18.3 Å². The van der Waals surface area contributed by atoms with E-state index >= 15 is 0 Å². The summed E-state index contributed by atoms with van der Waals surface area (Å²) in [4.78, 5) is 4.73. The van der Waals surface area contributed by atoms with Gasteiger partial charge in [-0.1, -0.05) is 26.1 Å². The summed E-state index contributed by atoms with van der Waals surface area (Å²) in [6, 6.07) is 4.25. The van der Waals surface area contributed by atoms with Crippen LogP contribution in [0.25, 0.3) is 0 Å². The zero-order chi connectivity index (χ0) is 12.5. The molecule has 1 aromatic heterocycles. The predicted molar refractivity (Wildman–Crippen MR) is 75.2 cm³/mol. The fourth-order valence-electron chi connectivity index (χ4n) is 2.47. The van der Waals surface area contributed by atoms with E-state index in [0.29, 0.717) is 16.4 Å². The van der Waals surface area contributed by atoms with Crippen molar-refractivity contribution in [3.63, 3.8) is 0 Å². The first-order valence-corrected chi connectivity index (χ1v) is 6.40. The maximum absolute atomic E-state index is 5.69. The van der Waals surface area contributed by atoms with Crippen molar-refractivity contribution in [2.24, 2.45) is 11.1 Å². The summed E-state index contributed by atoms with van der Waals surface area (Å²) in [5.74, 6) is 0.822. The highest BCUT2D eigenvalue weighted by Crippen LogP contribution is 2.38. The lowest BCUT2D eigenvalue weighted by Crippen LogP contribution is -2.21. The molecule has 0 bridgehead atoms. The predicted octanol–water partition coefficient (Wildman–Crippen LogP) is 2.71. The van der Waals surface area contributed by atoms with Crippen molar-refractivity contribution in [3.8, 4) is 0 Å². The van der Waals surface area contributed by atoms with E-state index in [2.05, 4.69) is 24.1 Å². The van der Waals surface area contributed by atoms with Gasteiger partial charge in [-0.25, -0.2) is 4.98 Å². The van der Waals surface area contributed by atoms with Crippen molar-refractivity contribution < 1.29 is 0 Å². The van der Waals surface area contributed by atoms with Crippen LogP contribution in [0.1, 0.15) is 38.7 Å². The van der Waals surface area contributed by atoms with Crippen molar-refractivity contribution in [3.05, 3.63) is 23.9 Å². The van der Waals surface area contributed by atoms with E-state index in [4.69, 9.17) is 18.0 Å². The Labute approximate surface area is 108 Å². The van der Waals surface area contributed by atoms with Crippen molar-refractivity contribution >= 4 is 23.0 Å². The molecule has 0 saturated heterocycles. The van der Waals surface area contributed by atoms with Crippen LogP contribution in [0, 0.1) is 5.41 Å². The van der Waals surface area contributed by atoms with Gasteiger partial charge in [0.25, 0.3) is 0 Å². The largest absolute Gasteiger partial charge is 0.389 e. The first-order valence-electron chi connectivity index (χ1n) is 5.99. The topological polar surface area (TPSA) is 50.9 Å². The van der Waals surface area contributed by atoms with Gasteiger partial charge in [0.15, 0.2) is 0 Å². The molecule has 1 aliphatic carbocycles. The number of rotatable bonds is 3. The number of hydrogen-bond acceptors (Lipinski definition) is 3. The van der Waals surface area contributed by atoms with Gasteiger partial charge in [-0.3, -0.25) is 0 Å². The second-order valence-corrected chi connectivity index (χ2v) is 5.95. The first kappa shape index (κ1) is 12.3. The second-order valence-electron chi connectivity index (χ2n) is 5.51. The van der Waals surface area contributed by atoms with Gasteiger partial charge in [0.05, 0.1) is 5.56 Å². The molecule has 92 valence electrons. The van der Waals surface area contributed by atoms with Gasteiger partial charge in [-0.15, -0.1) is 0 Å². The normalized spacial score (nSPS) is 22.4. The lowest BCUT2D eigenvalue weighted by Gasteiger charge is -2.19. The lowest BCUT2D eigenvalue weighted by molar-refractivity contribution is 0.378. The van der Waals surface area contributed by atoms with E-state index < -0.39 is 0 Å². The zero-order valence-electron chi connectivity index (χ0n) is 10.4. The average molecular weight is 249 g/mol. The third-order valence-corrected chi connectivity index (χ3v) is 3.60. The number of nitrogens with zero attached hydrogens (tertiary/aromatic N) is 1. The molecule has 3 N–H and O–H groups in total. The molecule has 17 heavy (non-hydrogen) atoms. The van der Waals surface area contributed by atoms with Crippen LogP contribution in [0.5, 0.6) is 0 Å². The summed E-state index contributed by atoms with van der Waals surface area (Å²) in [5.41, 5.74) is 6.96. The Kier molecular flexibility index (Phi) is 3.33. The van der Waals surface area contributed by atoms with Gasteiger partial charge < -0.3 is 11.1 Å². The second kappa shape index (κ2) is 4.61. The van der Waals surface area contributed by atoms with Crippen LogP contribution in [0.2, 0.25) is 0 Å². The number of pyridine rings is 1. The van der Waals surface area contributed by atoms with Gasteiger partial charge >= 0.3 is 0 Å². The van der Waals surface area contributed by atoms with Crippen molar-refractivity contribution in [2.75, 3.05) is 5.32 Å². The molecule has 0 radical (unpaired) electrons. The molecule has 0 amide bonds. The van der Waals surface area contributed by atoms with Crippen LogP contribution >= 0.6 is 12.2 Å². The summed E-state index contributed by atoms with van der Waals surface area (Å²) < 4.78 is 0.